The van der Waals surface area contributed by atoms with Gasteiger partial charge in [0.15, 0.2) is 6.23 Å². The second-order valence-corrected chi connectivity index (χ2v) is 5.33. The summed E-state index contributed by atoms with van der Waals surface area (Å²) in [5.41, 5.74) is 11.4. The van der Waals surface area contributed by atoms with E-state index in [1.54, 1.807) is 0 Å². The highest BCUT2D eigenvalue weighted by Gasteiger charge is 2.51. The molecule has 3 rings (SSSR count). The standard InChI is InChI=1S/C12H17N5O5/c13-9-6-4(10(14)21)1-17(11(6)16-3-15-9)12-8(20)7(19)5(2-18)22-12/h1,3,5-8,11-12,18-20H,2H2,(H2,14,21)(H2,13,15,16)/t5-,6?,7+,8?,11?,12-/m1/s1. The Morgan fingerprint density at radius 1 is 1.41 bits per heavy atom. The van der Waals surface area contributed by atoms with Crippen molar-refractivity contribution in [3.8, 4) is 0 Å². The molecule has 22 heavy (non-hydrogen) atoms. The number of aliphatic imine (C=N–C) groups is 2. The first-order valence-corrected chi connectivity index (χ1v) is 6.72. The van der Waals surface area contributed by atoms with Crippen molar-refractivity contribution in [2.24, 2.45) is 27.4 Å². The van der Waals surface area contributed by atoms with Crippen molar-refractivity contribution in [3.63, 3.8) is 0 Å². The lowest BCUT2D eigenvalue weighted by molar-refractivity contribution is -0.114. The van der Waals surface area contributed by atoms with E-state index in [0.29, 0.717) is 0 Å². The van der Waals surface area contributed by atoms with Gasteiger partial charge in [0.05, 0.1) is 12.5 Å². The summed E-state index contributed by atoms with van der Waals surface area (Å²) in [6, 6.07) is 0. The van der Waals surface area contributed by atoms with Crippen molar-refractivity contribution in [1.82, 2.24) is 4.90 Å². The molecule has 3 aliphatic heterocycles. The van der Waals surface area contributed by atoms with E-state index in [1.807, 2.05) is 0 Å². The van der Waals surface area contributed by atoms with Gasteiger partial charge in [-0.1, -0.05) is 0 Å². The average molecular weight is 311 g/mol. The van der Waals surface area contributed by atoms with E-state index < -0.39 is 49.1 Å². The highest BCUT2D eigenvalue weighted by atomic mass is 16.6. The first-order chi connectivity index (χ1) is 10.5. The van der Waals surface area contributed by atoms with Gasteiger partial charge < -0.3 is 36.4 Å². The number of nitrogens with two attached hydrogens (primary N) is 2. The highest BCUT2D eigenvalue weighted by Crippen LogP contribution is 2.36. The molecule has 120 valence electrons. The molecule has 1 amide bonds. The molecule has 0 spiro atoms. The number of rotatable bonds is 3. The van der Waals surface area contributed by atoms with Crippen LogP contribution < -0.4 is 11.5 Å². The van der Waals surface area contributed by atoms with Crippen LogP contribution in [-0.4, -0.2) is 75.6 Å². The first-order valence-electron chi connectivity index (χ1n) is 6.72. The highest BCUT2D eigenvalue weighted by molar-refractivity contribution is 6.04. The van der Waals surface area contributed by atoms with Gasteiger partial charge in [0.25, 0.3) is 0 Å². The normalized spacial score (nSPS) is 40.4. The lowest BCUT2D eigenvalue weighted by Crippen LogP contribution is -2.48. The van der Waals surface area contributed by atoms with E-state index >= 15 is 0 Å². The molecule has 0 aromatic carbocycles. The smallest absolute Gasteiger partial charge is 0.246 e. The minimum Gasteiger partial charge on any atom is -0.394 e. The molecule has 1 fully saturated rings. The molecule has 3 unspecified atom stereocenters. The average Bonchev–Trinajstić information content (AvgIpc) is 3.00. The van der Waals surface area contributed by atoms with Gasteiger partial charge in [-0.05, 0) is 0 Å². The molecular weight excluding hydrogens is 294 g/mol. The zero-order chi connectivity index (χ0) is 16.0. The van der Waals surface area contributed by atoms with Gasteiger partial charge in [-0.15, -0.1) is 0 Å². The van der Waals surface area contributed by atoms with Crippen molar-refractivity contribution in [1.29, 1.82) is 0 Å². The number of aliphatic hydroxyl groups excluding tert-OH is 3. The summed E-state index contributed by atoms with van der Waals surface area (Å²) in [4.78, 5) is 21.1. The van der Waals surface area contributed by atoms with E-state index in [1.165, 1.54) is 17.4 Å². The predicted molar refractivity (Wildman–Crippen MR) is 74.3 cm³/mol. The maximum Gasteiger partial charge on any atom is 0.246 e. The number of fused-ring (bicyclic) bond motifs is 1. The molecule has 1 saturated heterocycles. The lowest BCUT2D eigenvalue weighted by atomic mass is 9.97. The number of amides is 1. The minimum atomic E-state index is -1.28. The number of nitrogens with zero attached hydrogens (tertiary/aromatic N) is 3. The fourth-order valence-corrected chi connectivity index (χ4v) is 2.94. The molecule has 0 bridgehead atoms. The van der Waals surface area contributed by atoms with Crippen molar-refractivity contribution in [3.05, 3.63) is 11.8 Å². The van der Waals surface area contributed by atoms with E-state index in [-0.39, 0.29) is 11.4 Å². The Morgan fingerprint density at radius 2 is 2.14 bits per heavy atom. The van der Waals surface area contributed by atoms with Crippen LogP contribution in [0.15, 0.2) is 21.8 Å². The van der Waals surface area contributed by atoms with Gasteiger partial charge in [0, 0.05) is 11.8 Å². The van der Waals surface area contributed by atoms with Gasteiger partial charge in [-0.25, -0.2) is 9.98 Å². The fourth-order valence-electron chi connectivity index (χ4n) is 2.94. The van der Waals surface area contributed by atoms with Crippen LogP contribution in [0.5, 0.6) is 0 Å². The third-order valence-corrected chi connectivity index (χ3v) is 4.07. The fraction of sp³-hybridized carbons (Fsp3) is 0.583. The molecule has 10 heteroatoms. The maximum atomic E-state index is 11.6. The van der Waals surface area contributed by atoms with Gasteiger partial charge in [0.1, 0.15) is 36.7 Å². The van der Waals surface area contributed by atoms with E-state index in [9.17, 15) is 15.0 Å². The molecule has 3 heterocycles. The van der Waals surface area contributed by atoms with E-state index in [2.05, 4.69) is 9.98 Å². The third kappa shape index (κ3) is 2.08. The minimum absolute atomic E-state index is 0.180. The summed E-state index contributed by atoms with van der Waals surface area (Å²) in [5, 5.41) is 29.1. The summed E-state index contributed by atoms with van der Waals surface area (Å²) in [6.45, 7) is -0.448. The Balaban J connectivity index is 1.93. The van der Waals surface area contributed by atoms with Gasteiger partial charge in [-0.2, -0.15) is 0 Å². The zero-order valence-corrected chi connectivity index (χ0v) is 11.5. The second kappa shape index (κ2) is 5.32. The lowest BCUT2D eigenvalue weighted by Gasteiger charge is -2.33. The van der Waals surface area contributed by atoms with Crippen LogP contribution >= 0.6 is 0 Å². The number of primary amides is 1. The number of hydrogen-bond acceptors (Lipinski definition) is 9. The molecule has 3 aliphatic rings. The summed E-state index contributed by atoms with van der Waals surface area (Å²) in [5.74, 6) is -1.14. The Hall–Kier alpha value is -2.01. The molecule has 0 aromatic heterocycles. The summed E-state index contributed by atoms with van der Waals surface area (Å²) >= 11 is 0. The molecule has 7 N–H and O–H groups in total. The third-order valence-electron chi connectivity index (χ3n) is 4.07. The molecule has 0 aliphatic carbocycles. The monoisotopic (exact) mass is 311 g/mol. The molecule has 0 aromatic rings. The first kappa shape index (κ1) is 14.9. The van der Waals surface area contributed by atoms with Gasteiger partial charge in [0.2, 0.25) is 5.91 Å². The van der Waals surface area contributed by atoms with Crippen molar-refractivity contribution in [2.75, 3.05) is 6.61 Å². The molecule has 0 saturated carbocycles. The molecule has 0 radical (unpaired) electrons. The molecule has 10 nitrogen and oxygen atoms in total. The van der Waals surface area contributed by atoms with Crippen LogP contribution in [0.1, 0.15) is 0 Å². The SMILES string of the molecule is NC(=O)C1=CN([C@@H]2O[C@H](CO)[C@H](O)C2O)C2N=CN=C(N)C12. The summed E-state index contributed by atoms with van der Waals surface area (Å²) in [7, 11) is 0. The van der Waals surface area contributed by atoms with Crippen LogP contribution in [0.4, 0.5) is 0 Å². The van der Waals surface area contributed by atoms with Crippen LogP contribution in [0.2, 0.25) is 0 Å². The largest absolute Gasteiger partial charge is 0.394 e. The Bertz CT molecular complexity index is 576. The van der Waals surface area contributed by atoms with Gasteiger partial charge >= 0.3 is 0 Å². The number of amidine groups is 1. The number of hydrogen-bond donors (Lipinski definition) is 5. The Kier molecular flexibility index (Phi) is 3.60. The van der Waals surface area contributed by atoms with Crippen LogP contribution in [0.25, 0.3) is 0 Å². The zero-order valence-electron chi connectivity index (χ0n) is 11.5. The predicted octanol–water partition coefficient (Wildman–Crippen LogP) is -3.55. The number of carbonyl (C=O) groups is 1. The summed E-state index contributed by atoms with van der Waals surface area (Å²) < 4.78 is 5.46. The van der Waals surface area contributed by atoms with E-state index in [0.717, 1.165) is 0 Å². The quantitative estimate of drug-likeness (QED) is 0.359. The van der Waals surface area contributed by atoms with Crippen LogP contribution in [0, 0.1) is 5.92 Å². The number of ether oxygens (including phenoxy) is 1. The second-order valence-electron chi connectivity index (χ2n) is 5.33. The van der Waals surface area contributed by atoms with Gasteiger partial charge in [-0.3, -0.25) is 4.79 Å². The van der Waals surface area contributed by atoms with E-state index in [4.69, 9.17) is 21.3 Å². The van der Waals surface area contributed by atoms with Crippen molar-refractivity contribution in [2.45, 2.75) is 30.7 Å². The number of carbonyl (C=O) groups excluding carboxylic acids is 1. The molecular formula is C12H17N5O5. The summed E-state index contributed by atoms with van der Waals surface area (Å²) in [6.07, 6.45) is -2.44. The maximum absolute atomic E-state index is 11.6. The van der Waals surface area contributed by atoms with Crippen LogP contribution in [-0.2, 0) is 9.53 Å². The topological polar surface area (TPSA) is 167 Å². The van der Waals surface area contributed by atoms with Crippen molar-refractivity contribution < 1.29 is 24.9 Å². The van der Waals surface area contributed by atoms with Crippen molar-refractivity contribution >= 4 is 18.1 Å². The number of aliphatic hydroxyl groups is 3. The Labute approximate surface area is 125 Å². The molecule has 6 atom stereocenters. The Morgan fingerprint density at radius 3 is 2.73 bits per heavy atom. The van der Waals surface area contributed by atoms with Crippen LogP contribution in [0.3, 0.4) is 0 Å².